The summed E-state index contributed by atoms with van der Waals surface area (Å²) in [6, 6.07) is 5.35. The fraction of sp³-hybridized carbons (Fsp3) is 0. The van der Waals surface area contributed by atoms with Gasteiger partial charge in [-0.15, -0.1) is 4.91 Å². The predicted octanol–water partition coefficient (Wildman–Crippen LogP) is -0.411. The quantitative estimate of drug-likeness (QED) is 0.0963. The van der Waals surface area contributed by atoms with Gasteiger partial charge in [-0.05, 0) is 24.3 Å². The molecule has 0 atom stereocenters. The predicted molar refractivity (Wildman–Crippen MR) is 93.9 cm³/mol. The van der Waals surface area contributed by atoms with E-state index in [-0.39, 0.29) is 67.2 Å². The first kappa shape index (κ1) is 34.4. The topological polar surface area (TPSA) is 220 Å². The summed E-state index contributed by atoms with van der Waals surface area (Å²) in [4.78, 5) is 20.0. The van der Waals surface area contributed by atoms with E-state index in [0.717, 1.165) is 18.2 Å². The van der Waals surface area contributed by atoms with Crippen molar-refractivity contribution in [3.05, 3.63) is 67.0 Å². The van der Waals surface area contributed by atoms with Gasteiger partial charge in [0.25, 0.3) is 0 Å². The Kier molecular flexibility index (Phi) is 19.2. The minimum atomic E-state index is -4.67. The number of hydrogen-bond acceptors (Lipinski definition) is 10. The third-order valence-corrected chi connectivity index (χ3v) is 2.60. The fourth-order valence-electron chi connectivity index (χ4n) is 1.17. The summed E-state index contributed by atoms with van der Waals surface area (Å²) in [6.07, 6.45) is 0. The van der Waals surface area contributed by atoms with Crippen LogP contribution < -0.4 is 56.6 Å². The normalized spacial score (nSPS) is 9.13. The van der Waals surface area contributed by atoms with Crippen molar-refractivity contribution in [2.24, 2.45) is 5.34 Å². The van der Waals surface area contributed by atoms with E-state index in [4.69, 9.17) is 61.1 Å². The van der Waals surface area contributed by atoms with Crippen molar-refractivity contribution in [1.82, 2.24) is 0 Å². The van der Waals surface area contributed by atoms with Gasteiger partial charge in [0.1, 0.15) is 5.34 Å². The van der Waals surface area contributed by atoms with E-state index in [1.807, 2.05) is 0 Å². The van der Waals surface area contributed by atoms with Crippen LogP contribution in [-0.4, -0.2) is 32.7 Å². The van der Waals surface area contributed by atoms with Crippen molar-refractivity contribution in [2.75, 3.05) is 0 Å². The fourth-order valence-corrected chi connectivity index (χ4v) is 1.53. The minimum Gasteiger partial charge on any atom is -0.635 e. The third kappa shape index (κ3) is 19.2. The van der Waals surface area contributed by atoms with Crippen molar-refractivity contribution in [1.29, 1.82) is 0 Å². The van der Waals surface area contributed by atoms with E-state index in [9.17, 15) is 18.9 Å². The van der Waals surface area contributed by atoms with Crippen LogP contribution in [0, 0.1) is 26.7 Å². The Labute approximate surface area is 224 Å². The number of benzene rings is 2. The van der Waals surface area contributed by atoms with Crippen LogP contribution in [0.15, 0.2) is 35.7 Å². The molecule has 168 valence electrons. The van der Waals surface area contributed by atoms with Gasteiger partial charge in [-0.25, -0.2) is 8.78 Å². The number of halogens is 4. The maximum Gasteiger partial charge on any atom is 1.00 e. The largest absolute Gasteiger partial charge is 1.00 e. The molecule has 0 aliphatic rings. The van der Waals surface area contributed by atoms with Crippen LogP contribution >= 0.6 is 23.2 Å². The van der Waals surface area contributed by atoms with Gasteiger partial charge in [0.15, 0.2) is 17.4 Å². The molecule has 0 radical (unpaired) electrons. The van der Waals surface area contributed by atoms with Crippen LogP contribution in [0.25, 0.3) is 0 Å². The number of phenolic OH excluding ortho intramolecular Hbond substituents is 2. The van der Waals surface area contributed by atoms with Gasteiger partial charge >= 0.3 is 67.5 Å². The second kappa shape index (κ2) is 17.3. The van der Waals surface area contributed by atoms with Crippen LogP contribution in [0.4, 0.5) is 14.5 Å². The number of phenols is 2. The Morgan fingerprint density at radius 1 is 1.03 bits per heavy atom. The van der Waals surface area contributed by atoms with Crippen molar-refractivity contribution in [2.45, 2.75) is 0 Å². The minimum absolute atomic E-state index is 0. The maximum atomic E-state index is 12.6. The molecule has 0 saturated carbocycles. The molecule has 0 heterocycles. The van der Waals surface area contributed by atoms with Gasteiger partial charge in [0.2, 0.25) is 5.75 Å². The van der Waals surface area contributed by atoms with Gasteiger partial charge in [-0.3, -0.25) is 19.2 Å². The number of nitro benzene ring substituents is 1. The molecule has 13 nitrogen and oxygen atoms in total. The summed E-state index contributed by atoms with van der Waals surface area (Å²) in [7, 11) is -4.67. The number of aromatic hydroxyl groups is 2. The maximum absolute atomic E-state index is 12.6. The second-order valence-corrected chi connectivity index (χ2v) is 5.97. The van der Waals surface area contributed by atoms with E-state index >= 15 is 0 Å². The van der Waals surface area contributed by atoms with Gasteiger partial charge in [-0.2, -0.15) is 8.42 Å². The first-order chi connectivity index (χ1) is 13.6. The SMILES string of the molecule is O=NO[O-].O=S(=O)(O)O.O=[N+]([O-])c1cc(Cl)cc(F)c1O.Oc1ccc(Cl)cc1F.[K+]. The number of hydrogen-bond donors (Lipinski definition) is 4. The number of nitrogens with zero attached hydrogens (tertiary/aromatic N) is 2. The summed E-state index contributed by atoms with van der Waals surface area (Å²) in [5.41, 5.74) is -0.736. The molecule has 2 aromatic rings. The smallest absolute Gasteiger partial charge is 0.635 e. The van der Waals surface area contributed by atoms with E-state index < -0.39 is 38.4 Å². The summed E-state index contributed by atoms with van der Waals surface area (Å²) in [6.45, 7) is 0. The molecular formula is C12H9Cl2F2KN2O11S. The average Bonchev–Trinajstić information content (AvgIpc) is 2.60. The van der Waals surface area contributed by atoms with E-state index in [0.29, 0.717) is 0 Å². The summed E-state index contributed by atoms with van der Waals surface area (Å²) in [5, 5.41) is 37.5. The van der Waals surface area contributed by atoms with Crippen molar-refractivity contribution < 1.29 is 103 Å². The number of nitro groups is 1. The Morgan fingerprint density at radius 3 is 1.77 bits per heavy atom. The Balaban J connectivity index is -0.000000366. The van der Waals surface area contributed by atoms with Crippen molar-refractivity contribution in [3.8, 4) is 11.5 Å². The Hall–Kier alpha value is -1.25. The molecule has 0 saturated heterocycles. The molecule has 0 fully saturated rings. The molecular weight excluding hydrogens is 528 g/mol. The van der Waals surface area contributed by atoms with Crippen LogP contribution in [0.3, 0.4) is 0 Å². The third-order valence-electron chi connectivity index (χ3n) is 2.14. The second-order valence-electron chi connectivity index (χ2n) is 4.21. The molecule has 0 aliphatic carbocycles. The zero-order valence-electron chi connectivity index (χ0n) is 14.8. The molecule has 2 rings (SSSR count). The first-order valence-electron chi connectivity index (χ1n) is 6.41. The monoisotopic (exact) mass is 536 g/mol. The Bertz CT molecular complexity index is 962. The standard InChI is InChI=1S/C6H3ClFNO3.C6H4ClFO.K.HNO3.H2O4S/c7-3-1-4(8)6(10)5(2-3)9(11)12;7-4-1-2-6(9)5(8)3-4;;2-1-4-3;1-5(2,3)4/h1-2,10H;1-3,9H;;3H;(H2,1,2,3,4)/q;;+1;;/p-1. The van der Waals surface area contributed by atoms with Crippen molar-refractivity contribution >= 4 is 39.3 Å². The molecule has 0 bridgehead atoms. The molecule has 0 aliphatic heterocycles. The van der Waals surface area contributed by atoms with E-state index in [1.165, 1.54) is 17.5 Å². The average molecular weight is 537 g/mol. The van der Waals surface area contributed by atoms with Gasteiger partial charge in [0.05, 0.1) is 9.95 Å². The van der Waals surface area contributed by atoms with Crippen LogP contribution in [-0.2, 0) is 15.4 Å². The van der Waals surface area contributed by atoms with Crippen LogP contribution in [0.5, 0.6) is 11.5 Å². The number of rotatable bonds is 2. The van der Waals surface area contributed by atoms with E-state index in [1.54, 1.807) is 0 Å². The molecule has 2 aromatic carbocycles. The van der Waals surface area contributed by atoms with Gasteiger partial charge in [0, 0.05) is 11.1 Å². The summed E-state index contributed by atoms with van der Waals surface area (Å²) in [5.74, 6) is -3.17. The van der Waals surface area contributed by atoms with Gasteiger partial charge < -0.3 is 20.5 Å². The van der Waals surface area contributed by atoms with Gasteiger partial charge in [-0.1, -0.05) is 23.2 Å². The summed E-state index contributed by atoms with van der Waals surface area (Å²) < 4.78 is 56.4. The molecule has 0 unspecified atom stereocenters. The van der Waals surface area contributed by atoms with Crippen molar-refractivity contribution in [3.63, 3.8) is 0 Å². The molecule has 31 heavy (non-hydrogen) atoms. The van der Waals surface area contributed by atoms with Crippen LogP contribution in [0.1, 0.15) is 0 Å². The first-order valence-corrected chi connectivity index (χ1v) is 8.57. The Morgan fingerprint density at radius 2 is 1.45 bits per heavy atom. The summed E-state index contributed by atoms with van der Waals surface area (Å²) >= 11 is 10.7. The molecule has 0 spiro atoms. The van der Waals surface area contributed by atoms with Crippen LogP contribution in [0.2, 0.25) is 10.0 Å². The molecule has 19 heteroatoms. The zero-order chi connectivity index (χ0) is 24.1. The molecule has 0 aromatic heterocycles. The van der Waals surface area contributed by atoms with E-state index in [2.05, 4.69) is 4.99 Å². The molecule has 0 amide bonds. The zero-order valence-corrected chi connectivity index (χ0v) is 20.3. The molecule has 4 N–H and O–H groups in total.